The third-order valence-corrected chi connectivity index (χ3v) is 4.23. The molecule has 6 nitrogen and oxygen atoms in total. The Morgan fingerprint density at radius 3 is 2.47 bits per heavy atom. The van der Waals surface area contributed by atoms with Gasteiger partial charge < -0.3 is 10.2 Å². The van der Waals surface area contributed by atoms with Gasteiger partial charge in [-0.25, -0.2) is 13.6 Å². The zero-order valence-corrected chi connectivity index (χ0v) is 11.7. The average Bonchev–Trinajstić information content (AvgIpc) is 2.80. The van der Waals surface area contributed by atoms with Crippen LogP contribution in [0.3, 0.4) is 0 Å². The van der Waals surface area contributed by atoms with Gasteiger partial charge in [0, 0.05) is 17.8 Å². The Bertz CT molecular complexity index is 702. The molecule has 2 heterocycles. The predicted octanol–water partition coefficient (Wildman–Crippen LogP) is 1.45. The summed E-state index contributed by atoms with van der Waals surface area (Å²) in [7, 11) is -3.86. The van der Waals surface area contributed by atoms with Crippen molar-refractivity contribution in [1.29, 1.82) is 0 Å². The van der Waals surface area contributed by atoms with Crippen molar-refractivity contribution in [3.8, 4) is 0 Å². The molecule has 0 aliphatic carbocycles. The number of aromatic nitrogens is 1. The van der Waals surface area contributed by atoms with Crippen molar-refractivity contribution in [2.24, 2.45) is 10.9 Å². The van der Waals surface area contributed by atoms with Crippen molar-refractivity contribution in [3.63, 3.8) is 0 Å². The van der Waals surface area contributed by atoms with Gasteiger partial charge in [-0.2, -0.15) is 0 Å². The highest BCUT2D eigenvalue weighted by Crippen LogP contribution is 2.29. The maximum absolute atomic E-state index is 11.2. The summed E-state index contributed by atoms with van der Waals surface area (Å²) in [6.07, 6.45) is 3.15. The summed E-state index contributed by atoms with van der Waals surface area (Å²) in [5.41, 5.74) is 7.43. The van der Waals surface area contributed by atoms with E-state index < -0.39 is 15.6 Å². The molecule has 0 aliphatic rings. The number of furan rings is 1. The summed E-state index contributed by atoms with van der Waals surface area (Å²) in [6, 6.07) is 3.04. The highest BCUT2D eigenvalue weighted by Gasteiger charge is 2.25. The first-order valence-corrected chi connectivity index (χ1v) is 7.56. The number of primary sulfonamides is 1. The van der Waals surface area contributed by atoms with Gasteiger partial charge in [0.1, 0.15) is 5.52 Å². The average molecular weight is 283 g/mol. The highest BCUT2D eigenvalue weighted by molar-refractivity contribution is 7.89. The molecule has 2 aromatic rings. The predicted molar refractivity (Wildman–Crippen MR) is 71.8 cm³/mol. The van der Waals surface area contributed by atoms with Gasteiger partial charge in [-0.05, 0) is 24.5 Å². The molecule has 0 aromatic carbocycles. The molecule has 0 radical (unpaired) electrons. The summed E-state index contributed by atoms with van der Waals surface area (Å²) in [4.78, 5) is 4.18. The van der Waals surface area contributed by atoms with E-state index in [1.165, 1.54) is 6.07 Å². The number of hydrogen-bond acceptors (Lipinski definition) is 5. The second-order valence-corrected chi connectivity index (χ2v) is 6.07. The first-order chi connectivity index (χ1) is 8.80. The first kappa shape index (κ1) is 14.0. The molecule has 104 valence electrons. The molecule has 0 amide bonds. The summed E-state index contributed by atoms with van der Waals surface area (Å²) in [5.74, 6) is 0. The minimum absolute atomic E-state index is 0.289. The Balaban J connectivity index is 2.58. The van der Waals surface area contributed by atoms with Crippen LogP contribution in [0.15, 0.2) is 27.8 Å². The van der Waals surface area contributed by atoms with Gasteiger partial charge in [0.25, 0.3) is 10.0 Å². The van der Waals surface area contributed by atoms with Crippen LogP contribution in [0.25, 0.3) is 11.1 Å². The summed E-state index contributed by atoms with van der Waals surface area (Å²) >= 11 is 0. The molecule has 0 saturated heterocycles. The number of pyridine rings is 1. The molecule has 0 aliphatic heterocycles. The number of nitrogens with zero attached hydrogens (tertiary/aromatic N) is 1. The van der Waals surface area contributed by atoms with E-state index in [4.69, 9.17) is 15.3 Å². The van der Waals surface area contributed by atoms with E-state index in [0.717, 1.165) is 18.4 Å². The lowest BCUT2D eigenvalue weighted by Gasteiger charge is -2.26. The van der Waals surface area contributed by atoms with Crippen molar-refractivity contribution >= 4 is 21.1 Å². The van der Waals surface area contributed by atoms with Crippen LogP contribution in [-0.4, -0.2) is 13.4 Å². The van der Waals surface area contributed by atoms with E-state index in [0.29, 0.717) is 11.1 Å². The van der Waals surface area contributed by atoms with Crippen LogP contribution >= 0.6 is 0 Å². The molecule has 4 N–H and O–H groups in total. The lowest BCUT2D eigenvalue weighted by atomic mass is 9.87. The Kier molecular flexibility index (Phi) is 3.38. The summed E-state index contributed by atoms with van der Waals surface area (Å²) in [6.45, 7) is 3.98. The molecule has 0 saturated carbocycles. The highest BCUT2D eigenvalue weighted by atomic mass is 32.2. The van der Waals surface area contributed by atoms with E-state index in [-0.39, 0.29) is 5.09 Å². The Hall–Kier alpha value is -1.44. The van der Waals surface area contributed by atoms with Gasteiger partial charge in [0.2, 0.25) is 5.09 Å². The molecule has 19 heavy (non-hydrogen) atoms. The molecule has 0 fully saturated rings. The van der Waals surface area contributed by atoms with E-state index >= 15 is 0 Å². The fourth-order valence-corrected chi connectivity index (χ4v) is 2.45. The zero-order chi connectivity index (χ0) is 14.3. The number of fused-ring (bicyclic) bond motifs is 1. The van der Waals surface area contributed by atoms with Gasteiger partial charge in [0.05, 0.1) is 0 Å². The van der Waals surface area contributed by atoms with Crippen LogP contribution in [0.5, 0.6) is 0 Å². The largest absolute Gasteiger partial charge is 0.442 e. The van der Waals surface area contributed by atoms with Gasteiger partial charge in [-0.3, -0.25) is 4.98 Å². The fourth-order valence-electron chi connectivity index (χ4n) is 1.97. The minimum atomic E-state index is -3.86. The zero-order valence-electron chi connectivity index (χ0n) is 10.9. The molecule has 2 aromatic heterocycles. The van der Waals surface area contributed by atoms with E-state index in [1.54, 1.807) is 12.3 Å². The number of rotatable bonds is 4. The van der Waals surface area contributed by atoms with E-state index in [9.17, 15) is 8.42 Å². The van der Waals surface area contributed by atoms with Crippen LogP contribution in [0.2, 0.25) is 0 Å². The summed E-state index contributed by atoms with van der Waals surface area (Å²) < 4.78 is 27.7. The topological polar surface area (TPSA) is 112 Å². The smallest absolute Gasteiger partial charge is 0.271 e. The van der Waals surface area contributed by atoms with Crippen molar-refractivity contribution in [2.75, 3.05) is 0 Å². The Morgan fingerprint density at radius 1 is 1.32 bits per heavy atom. The normalized spacial score (nSPS) is 13.1. The third-order valence-electron chi connectivity index (χ3n) is 3.46. The van der Waals surface area contributed by atoms with Gasteiger partial charge in [0.15, 0.2) is 5.58 Å². The molecular formula is C12H17N3O3S. The van der Waals surface area contributed by atoms with E-state index in [1.807, 2.05) is 13.8 Å². The lowest BCUT2D eigenvalue weighted by molar-refractivity contribution is 0.410. The molecule has 0 bridgehead atoms. The Morgan fingerprint density at radius 2 is 1.95 bits per heavy atom. The SMILES string of the molecule is CCC(N)(CC)c1cnc2cc(S(N)(=O)=O)oc2c1. The molecule has 7 heteroatoms. The van der Waals surface area contributed by atoms with Crippen LogP contribution in [0, 0.1) is 0 Å². The third kappa shape index (κ3) is 2.49. The number of nitrogens with two attached hydrogens (primary N) is 2. The first-order valence-electron chi connectivity index (χ1n) is 6.02. The molecule has 0 unspecified atom stereocenters. The van der Waals surface area contributed by atoms with Crippen LogP contribution in [0.4, 0.5) is 0 Å². The Labute approximate surface area is 111 Å². The van der Waals surface area contributed by atoms with E-state index in [2.05, 4.69) is 4.98 Å². The minimum Gasteiger partial charge on any atom is -0.442 e. The van der Waals surface area contributed by atoms with Crippen molar-refractivity contribution in [3.05, 3.63) is 23.9 Å². The second kappa shape index (κ2) is 4.59. The number of hydrogen-bond donors (Lipinski definition) is 2. The summed E-state index contributed by atoms with van der Waals surface area (Å²) in [5, 5.41) is 4.73. The van der Waals surface area contributed by atoms with Gasteiger partial charge >= 0.3 is 0 Å². The monoisotopic (exact) mass is 283 g/mol. The van der Waals surface area contributed by atoms with Crippen LogP contribution in [-0.2, 0) is 15.6 Å². The standard InChI is InChI=1S/C12H17N3O3S/c1-3-12(13,4-2)8-5-10-9(15-7-8)6-11(18-10)19(14,16)17/h5-7H,3-4,13H2,1-2H3,(H2,14,16,17). The molecular weight excluding hydrogens is 266 g/mol. The van der Waals surface area contributed by atoms with Crippen LogP contribution < -0.4 is 10.9 Å². The van der Waals surface area contributed by atoms with Crippen LogP contribution in [0.1, 0.15) is 32.3 Å². The van der Waals surface area contributed by atoms with Crippen molar-refractivity contribution in [2.45, 2.75) is 37.3 Å². The quantitative estimate of drug-likeness (QED) is 0.881. The van der Waals surface area contributed by atoms with Crippen molar-refractivity contribution in [1.82, 2.24) is 4.98 Å². The second-order valence-electron chi connectivity index (χ2n) is 4.58. The molecule has 2 rings (SSSR count). The van der Waals surface area contributed by atoms with Crippen molar-refractivity contribution < 1.29 is 12.8 Å². The van der Waals surface area contributed by atoms with Gasteiger partial charge in [-0.15, -0.1) is 0 Å². The molecule has 0 atom stereocenters. The lowest BCUT2D eigenvalue weighted by Crippen LogP contribution is -2.35. The fraction of sp³-hybridized carbons (Fsp3) is 0.417. The van der Waals surface area contributed by atoms with Gasteiger partial charge in [-0.1, -0.05) is 13.8 Å². The number of sulfonamides is 1. The maximum Gasteiger partial charge on any atom is 0.271 e. The molecule has 0 spiro atoms. The maximum atomic E-state index is 11.2.